The van der Waals surface area contributed by atoms with Crippen LogP contribution < -0.4 is 0 Å². The maximum Gasteiger partial charge on any atom is 0.325 e. The largest absolute Gasteiger partial charge is 0.465 e. The van der Waals surface area contributed by atoms with Gasteiger partial charge in [-0.2, -0.15) is 5.06 Å². The van der Waals surface area contributed by atoms with Crippen molar-refractivity contribution in [2.24, 2.45) is 4.99 Å². The van der Waals surface area contributed by atoms with Crippen LogP contribution >= 0.6 is 12.2 Å². The van der Waals surface area contributed by atoms with Crippen LogP contribution in [-0.2, 0) is 20.9 Å². The van der Waals surface area contributed by atoms with E-state index in [0.29, 0.717) is 26.1 Å². The summed E-state index contributed by atoms with van der Waals surface area (Å²) in [5.74, 6) is -0.262. The number of aliphatic imine (C=N–C) groups is 1. The first-order valence-corrected chi connectivity index (χ1v) is 7.33. The summed E-state index contributed by atoms with van der Waals surface area (Å²) in [6.45, 7) is 3.09. The van der Waals surface area contributed by atoms with Crippen LogP contribution in [0.2, 0.25) is 0 Å². The first-order chi connectivity index (χ1) is 10.2. The summed E-state index contributed by atoms with van der Waals surface area (Å²) in [4.78, 5) is 21.8. The number of hydrogen-bond acceptors (Lipinski definition) is 6. The lowest BCUT2D eigenvalue weighted by Gasteiger charge is -2.21. The number of thiocarbonyl (C=S) groups is 1. The molecule has 0 N–H and O–H groups in total. The molecule has 6 heteroatoms. The fraction of sp³-hybridized carbons (Fsp3) is 0.467. The first kappa shape index (κ1) is 15.8. The van der Waals surface area contributed by atoms with E-state index >= 15 is 0 Å². The molecule has 1 heterocycles. The van der Waals surface area contributed by atoms with Crippen molar-refractivity contribution in [2.45, 2.75) is 32.0 Å². The molecule has 5 nitrogen and oxygen atoms in total. The van der Waals surface area contributed by atoms with Gasteiger partial charge in [0.2, 0.25) is 0 Å². The smallest absolute Gasteiger partial charge is 0.325 e. The summed E-state index contributed by atoms with van der Waals surface area (Å²) >= 11 is 4.57. The van der Waals surface area contributed by atoms with E-state index in [9.17, 15) is 4.79 Å². The van der Waals surface area contributed by atoms with Gasteiger partial charge in [0.15, 0.2) is 0 Å². The molecule has 1 aromatic rings. The maximum atomic E-state index is 12.1. The number of carbonyl (C=O) groups is 1. The van der Waals surface area contributed by atoms with Crippen molar-refractivity contribution in [1.29, 1.82) is 0 Å². The van der Waals surface area contributed by atoms with E-state index in [2.05, 4.69) is 22.4 Å². The molecule has 0 aliphatic carbocycles. The molecule has 0 spiro atoms. The summed E-state index contributed by atoms with van der Waals surface area (Å²) in [6.07, 6.45) is 0.380. The van der Waals surface area contributed by atoms with Crippen LogP contribution in [0.25, 0.3) is 0 Å². The van der Waals surface area contributed by atoms with Crippen molar-refractivity contribution in [3.63, 3.8) is 0 Å². The van der Waals surface area contributed by atoms with Gasteiger partial charge in [-0.3, -0.25) is 9.63 Å². The van der Waals surface area contributed by atoms with Crippen LogP contribution in [-0.4, -0.2) is 41.5 Å². The second-order valence-electron chi connectivity index (χ2n) is 4.72. The Hall–Kier alpha value is -1.59. The molecular formula is C15H18N2O3S. The fourth-order valence-corrected chi connectivity index (χ4v) is 2.36. The number of esters is 1. The average molecular weight is 306 g/mol. The van der Waals surface area contributed by atoms with Gasteiger partial charge in [0.1, 0.15) is 12.1 Å². The minimum absolute atomic E-state index is 0.168. The third-order valence-electron chi connectivity index (χ3n) is 3.22. The van der Waals surface area contributed by atoms with Crippen molar-refractivity contribution >= 4 is 23.3 Å². The Morgan fingerprint density at radius 2 is 2.29 bits per heavy atom. The number of hydrogen-bond donors (Lipinski definition) is 0. The molecule has 0 amide bonds. The molecule has 0 bridgehead atoms. The van der Waals surface area contributed by atoms with Crippen molar-refractivity contribution in [1.82, 2.24) is 5.06 Å². The molecule has 2 atom stereocenters. The molecule has 1 aromatic carbocycles. The molecule has 0 unspecified atom stereocenters. The van der Waals surface area contributed by atoms with Crippen LogP contribution in [0.5, 0.6) is 0 Å². The highest BCUT2D eigenvalue weighted by molar-refractivity contribution is 7.78. The topological polar surface area (TPSA) is 51.1 Å². The highest BCUT2D eigenvalue weighted by Crippen LogP contribution is 2.24. The van der Waals surface area contributed by atoms with E-state index in [0.717, 1.165) is 5.56 Å². The Morgan fingerprint density at radius 3 is 2.95 bits per heavy atom. The molecule has 1 aliphatic heterocycles. The van der Waals surface area contributed by atoms with Crippen molar-refractivity contribution < 1.29 is 14.4 Å². The number of hydroxylamine groups is 2. The number of rotatable bonds is 6. The molecule has 1 saturated heterocycles. The van der Waals surface area contributed by atoms with Gasteiger partial charge in [0, 0.05) is 6.42 Å². The van der Waals surface area contributed by atoms with Gasteiger partial charge < -0.3 is 4.74 Å². The number of nitrogens with zero attached hydrogens (tertiary/aromatic N) is 2. The number of isothiocyanates is 1. The van der Waals surface area contributed by atoms with Gasteiger partial charge in [-0.25, -0.2) is 4.99 Å². The predicted molar refractivity (Wildman–Crippen MR) is 81.8 cm³/mol. The Kier molecular flexibility index (Phi) is 6.02. The highest BCUT2D eigenvalue weighted by Gasteiger charge is 2.39. The summed E-state index contributed by atoms with van der Waals surface area (Å²) < 4.78 is 5.12. The zero-order chi connectivity index (χ0) is 15.1. The van der Waals surface area contributed by atoms with E-state index in [1.807, 2.05) is 30.3 Å². The summed E-state index contributed by atoms with van der Waals surface area (Å²) in [7, 11) is 0. The molecule has 0 radical (unpaired) electrons. The van der Waals surface area contributed by atoms with Gasteiger partial charge in [0.25, 0.3) is 0 Å². The van der Waals surface area contributed by atoms with Gasteiger partial charge in [-0.05, 0) is 24.7 Å². The SMILES string of the molecule is CCOC(=O)[C@H]1C[C@H](CN=C=S)ON1Cc1ccccc1. The summed E-state index contributed by atoms with van der Waals surface area (Å²) in [6, 6.07) is 9.45. The second-order valence-corrected chi connectivity index (χ2v) is 4.91. The average Bonchev–Trinajstić information content (AvgIpc) is 2.89. The Bertz CT molecular complexity index is 517. The van der Waals surface area contributed by atoms with Crippen molar-refractivity contribution in [2.75, 3.05) is 13.2 Å². The minimum atomic E-state index is -0.407. The van der Waals surface area contributed by atoms with Crippen LogP contribution in [0, 0.1) is 0 Å². The highest BCUT2D eigenvalue weighted by atomic mass is 32.1. The first-order valence-electron chi connectivity index (χ1n) is 6.92. The lowest BCUT2D eigenvalue weighted by molar-refractivity contribution is -0.184. The van der Waals surface area contributed by atoms with Crippen molar-refractivity contribution in [3.05, 3.63) is 35.9 Å². The second kappa shape index (κ2) is 8.00. The monoisotopic (exact) mass is 306 g/mol. The van der Waals surface area contributed by atoms with E-state index < -0.39 is 6.04 Å². The van der Waals surface area contributed by atoms with Crippen LogP contribution in [0.3, 0.4) is 0 Å². The normalized spacial score (nSPS) is 21.8. The molecule has 112 valence electrons. The minimum Gasteiger partial charge on any atom is -0.465 e. The van der Waals surface area contributed by atoms with Crippen molar-refractivity contribution in [3.8, 4) is 0 Å². The van der Waals surface area contributed by atoms with E-state index in [4.69, 9.17) is 9.57 Å². The van der Waals surface area contributed by atoms with Gasteiger partial charge >= 0.3 is 5.97 Å². The molecule has 2 rings (SSSR count). The number of benzene rings is 1. The van der Waals surface area contributed by atoms with Crippen LogP contribution in [0.15, 0.2) is 35.3 Å². The third-order valence-corrected chi connectivity index (χ3v) is 3.35. The molecule has 1 fully saturated rings. The lowest BCUT2D eigenvalue weighted by atomic mass is 10.1. The molecule has 0 aromatic heterocycles. The Balaban J connectivity index is 2.06. The predicted octanol–water partition coefficient (Wildman–Crippen LogP) is 2.23. The van der Waals surface area contributed by atoms with Crippen LogP contribution in [0.1, 0.15) is 18.9 Å². The Morgan fingerprint density at radius 1 is 1.52 bits per heavy atom. The van der Waals surface area contributed by atoms with E-state index in [1.165, 1.54) is 0 Å². The van der Waals surface area contributed by atoms with Gasteiger partial charge in [-0.1, -0.05) is 30.3 Å². The Labute approximate surface area is 129 Å². The molecule has 0 saturated carbocycles. The summed E-state index contributed by atoms with van der Waals surface area (Å²) in [5.41, 5.74) is 1.07. The van der Waals surface area contributed by atoms with E-state index in [-0.39, 0.29) is 12.1 Å². The summed E-state index contributed by atoms with van der Waals surface area (Å²) in [5, 5.41) is 4.00. The van der Waals surface area contributed by atoms with Gasteiger partial charge in [0.05, 0.1) is 24.9 Å². The molecule has 21 heavy (non-hydrogen) atoms. The number of carbonyl (C=O) groups excluding carboxylic acids is 1. The quantitative estimate of drug-likeness (QED) is 0.458. The molecule has 1 aliphatic rings. The standard InChI is InChI=1S/C15H18N2O3S/c1-2-19-15(18)14-8-13(9-16-11-21)20-17(14)10-12-6-4-3-5-7-12/h3-7,13-14H,2,8-10H2,1H3/t13-,14-/m1/s1. The number of ether oxygens (including phenoxy) is 1. The van der Waals surface area contributed by atoms with Gasteiger partial charge in [-0.15, -0.1) is 0 Å². The zero-order valence-corrected chi connectivity index (χ0v) is 12.7. The zero-order valence-electron chi connectivity index (χ0n) is 11.9. The maximum absolute atomic E-state index is 12.1. The molecular weight excluding hydrogens is 288 g/mol. The fourth-order valence-electron chi connectivity index (χ4n) is 2.28. The van der Waals surface area contributed by atoms with E-state index in [1.54, 1.807) is 12.0 Å². The third kappa shape index (κ3) is 4.44. The van der Waals surface area contributed by atoms with Crippen LogP contribution in [0.4, 0.5) is 0 Å². The lowest BCUT2D eigenvalue weighted by Crippen LogP contribution is -2.36.